The molecule has 2 rings (SSSR count). The Kier molecular flexibility index (Phi) is 7.94. The van der Waals surface area contributed by atoms with Gasteiger partial charge in [0.05, 0.1) is 13.3 Å². The Hall–Kier alpha value is -3.16. The van der Waals surface area contributed by atoms with Gasteiger partial charge in [0, 0.05) is 0 Å². The molecule has 156 valence electrons. The van der Waals surface area contributed by atoms with Crippen molar-refractivity contribution in [2.24, 2.45) is 5.10 Å². The van der Waals surface area contributed by atoms with E-state index in [2.05, 4.69) is 15.3 Å². The number of nitrogens with zero attached hydrogens (tertiary/aromatic N) is 1. The number of hydrogen-bond donors (Lipinski definition) is 1. The first-order chi connectivity index (χ1) is 13.8. The molecular weight excluding hydrogens is 382 g/mol. The zero-order valence-electron chi connectivity index (χ0n) is 16.7. The van der Waals surface area contributed by atoms with E-state index in [1.807, 2.05) is 39.0 Å². The number of hydrazone groups is 1. The van der Waals surface area contributed by atoms with Gasteiger partial charge in [0.2, 0.25) is 0 Å². The molecule has 0 atom stereocenters. The van der Waals surface area contributed by atoms with Crippen LogP contribution in [0.25, 0.3) is 0 Å². The standard InChI is InChI=1S/C21H24F2N2O4/c1-13(2)16-7-5-14(3)9-18(16)28-12-20(26)25-24-11-15-6-8-17(29-21(22)23)19(10-15)27-4/h5-11,13,21H,12H2,1-4H3,(H,25,26). The Morgan fingerprint density at radius 1 is 1.14 bits per heavy atom. The van der Waals surface area contributed by atoms with Gasteiger partial charge in [-0.1, -0.05) is 26.0 Å². The fourth-order valence-electron chi connectivity index (χ4n) is 2.56. The highest BCUT2D eigenvalue weighted by Gasteiger charge is 2.11. The third kappa shape index (κ3) is 6.74. The molecule has 0 aliphatic carbocycles. The number of carbonyl (C=O) groups is 1. The van der Waals surface area contributed by atoms with Gasteiger partial charge in [0.25, 0.3) is 5.91 Å². The maximum atomic E-state index is 12.4. The van der Waals surface area contributed by atoms with E-state index in [9.17, 15) is 13.6 Å². The summed E-state index contributed by atoms with van der Waals surface area (Å²) in [4.78, 5) is 12.0. The predicted molar refractivity (Wildman–Crippen MR) is 106 cm³/mol. The fourth-order valence-corrected chi connectivity index (χ4v) is 2.56. The summed E-state index contributed by atoms with van der Waals surface area (Å²) < 4.78 is 39.7. The summed E-state index contributed by atoms with van der Waals surface area (Å²) in [5.41, 5.74) is 4.95. The van der Waals surface area contributed by atoms with E-state index in [0.29, 0.717) is 11.3 Å². The highest BCUT2D eigenvalue weighted by Crippen LogP contribution is 2.29. The molecule has 0 aliphatic rings. The van der Waals surface area contributed by atoms with Crippen LogP contribution in [0.3, 0.4) is 0 Å². The van der Waals surface area contributed by atoms with E-state index in [1.165, 1.54) is 31.5 Å². The number of alkyl halides is 2. The second-order valence-electron chi connectivity index (χ2n) is 6.57. The first-order valence-electron chi connectivity index (χ1n) is 8.98. The molecule has 0 saturated heterocycles. The van der Waals surface area contributed by atoms with Gasteiger partial charge < -0.3 is 14.2 Å². The van der Waals surface area contributed by atoms with Crippen LogP contribution in [-0.2, 0) is 4.79 Å². The van der Waals surface area contributed by atoms with Gasteiger partial charge in [-0.2, -0.15) is 13.9 Å². The van der Waals surface area contributed by atoms with Gasteiger partial charge in [-0.05, 0) is 53.8 Å². The Bertz CT molecular complexity index is 870. The second kappa shape index (κ2) is 10.4. The molecule has 0 spiro atoms. The number of amides is 1. The minimum Gasteiger partial charge on any atom is -0.493 e. The number of carbonyl (C=O) groups excluding carboxylic acids is 1. The van der Waals surface area contributed by atoms with Crippen LogP contribution in [0, 0.1) is 6.92 Å². The Morgan fingerprint density at radius 3 is 2.55 bits per heavy atom. The third-order valence-corrected chi connectivity index (χ3v) is 3.96. The van der Waals surface area contributed by atoms with Gasteiger partial charge in [-0.15, -0.1) is 0 Å². The van der Waals surface area contributed by atoms with Crippen molar-refractivity contribution in [3.63, 3.8) is 0 Å². The maximum absolute atomic E-state index is 12.4. The van der Waals surface area contributed by atoms with E-state index in [0.717, 1.165) is 11.1 Å². The first kappa shape index (κ1) is 22.1. The molecule has 0 bridgehead atoms. The lowest BCUT2D eigenvalue weighted by atomic mass is 10.0. The quantitative estimate of drug-likeness (QED) is 0.499. The van der Waals surface area contributed by atoms with Crippen molar-refractivity contribution in [1.82, 2.24) is 5.43 Å². The molecule has 0 saturated carbocycles. The molecule has 1 N–H and O–H groups in total. The van der Waals surface area contributed by atoms with Gasteiger partial charge in [-0.25, -0.2) is 5.43 Å². The summed E-state index contributed by atoms with van der Waals surface area (Å²) in [6, 6.07) is 10.2. The molecule has 8 heteroatoms. The minimum absolute atomic E-state index is 0.0869. The topological polar surface area (TPSA) is 69.2 Å². The normalized spacial score (nSPS) is 11.2. The lowest BCUT2D eigenvalue weighted by Gasteiger charge is -2.14. The van der Waals surface area contributed by atoms with Gasteiger partial charge in [0.15, 0.2) is 18.1 Å². The van der Waals surface area contributed by atoms with Crippen molar-refractivity contribution < 1.29 is 27.8 Å². The fraction of sp³-hybridized carbons (Fsp3) is 0.333. The third-order valence-electron chi connectivity index (χ3n) is 3.96. The average Bonchev–Trinajstić information content (AvgIpc) is 2.66. The first-order valence-corrected chi connectivity index (χ1v) is 8.98. The van der Waals surface area contributed by atoms with Gasteiger partial charge in [-0.3, -0.25) is 4.79 Å². The largest absolute Gasteiger partial charge is 0.493 e. The number of rotatable bonds is 9. The van der Waals surface area contributed by atoms with E-state index in [-0.39, 0.29) is 24.0 Å². The number of methoxy groups -OCH3 is 1. The van der Waals surface area contributed by atoms with Crippen LogP contribution in [0.4, 0.5) is 8.78 Å². The molecule has 0 aliphatic heterocycles. The van der Waals surface area contributed by atoms with Crippen LogP contribution >= 0.6 is 0 Å². The van der Waals surface area contributed by atoms with E-state index < -0.39 is 12.5 Å². The molecule has 0 heterocycles. The number of hydrogen-bond acceptors (Lipinski definition) is 5. The monoisotopic (exact) mass is 406 g/mol. The summed E-state index contributed by atoms with van der Waals surface area (Å²) >= 11 is 0. The number of halogens is 2. The lowest BCUT2D eigenvalue weighted by molar-refractivity contribution is -0.123. The van der Waals surface area contributed by atoms with Crippen LogP contribution in [-0.4, -0.2) is 32.4 Å². The molecule has 1 amide bonds. The van der Waals surface area contributed by atoms with Crippen molar-refractivity contribution in [2.45, 2.75) is 33.3 Å². The van der Waals surface area contributed by atoms with Crippen LogP contribution in [0.1, 0.15) is 36.5 Å². The molecule has 0 fully saturated rings. The SMILES string of the molecule is COc1cc(C=NNC(=O)COc2cc(C)ccc2C(C)C)ccc1OC(F)F. The van der Waals surface area contributed by atoms with Crippen LogP contribution < -0.4 is 19.6 Å². The van der Waals surface area contributed by atoms with Crippen LogP contribution in [0.15, 0.2) is 41.5 Å². The van der Waals surface area contributed by atoms with Gasteiger partial charge >= 0.3 is 6.61 Å². The van der Waals surface area contributed by atoms with E-state index in [1.54, 1.807) is 0 Å². The summed E-state index contributed by atoms with van der Waals surface area (Å²) in [7, 11) is 1.34. The highest BCUT2D eigenvalue weighted by molar-refractivity contribution is 5.83. The van der Waals surface area contributed by atoms with Gasteiger partial charge in [0.1, 0.15) is 5.75 Å². The van der Waals surface area contributed by atoms with Crippen LogP contribution in [0.2, 0.25) is 0 Å². The van der Waals surface area contributed by atoms with Crippen molar-refractivity contribution >= 4 is 12.1 Å². The molecule has 0 unspecified atom stereocenters. The zero-order valence-corrected chi connectivity index (χ0v) is 16.7. The number of aryl methyl sites for hydroxylation is 1. The van der Waals surface area contributed by atoms with E-state index >= 15 is 0 Å². The minimum atomic E-state index is -2.95. The van der Waals surface area contributed by atoms with Crippen molar-refractivity contribution in [3.8, 4) is 17.2 Å². The second-order valence-corrected chi connectivity index (χ2v) is 6.57. The zero-order chi connectivity index (χ0) is 21.4. The predicted octanol–water partition coefficient (Wildman–Crippen LogP) is 4.26. The summed E-state index contributed by atoms with van der Waals surface area (Å²) in [6.07, 6.45) is 1.36. The summed E-state index contributed by atoms with van der Waals surface area (Å²) in [5.74, 6) is 0.542. The van der Waals surface area contributed by atoms with E-state index in [4.69, 9.17) is 9.47 Å². The summed E-state index contributed by atoms with van der Waals surface area (Å²) in [5, 5.41) is 3.85. The Labute approximate surface area is 168 Å². The number of nitrogens with one attached hydrogen (secondary N) is 1. The average molecular weight is 406 g/mol. The molecule has 6 nitrogen and oxygen atoms in total. The smallest absolute Gasteiger partial charge is 0.387 e. The molecule has 0 aromatic heterocycles. The van der Waals surface area contributed by atoms with Crippen LogP contribution in [0.5, 0.6) is 17.2 Å². The Morgan fingerprint density at radius 2 is 1.90 bits per heavy atom. The Balaban J connectivity index is 1.94. The maximum Gasteiger partial charge on any atom is 0.387 e. The molecule has 2 aromatic rings. The van der Waals surface area contributed by atoms with Crippen molar-refractivity contribution in [1.29, 1.82) is 0 Å². The number of benzene rings is 2. The highest BCUT2D eigenvalue weighted by atomic mass is 19.3. The van der Waals surface area contributed by atoms with Crippen molar-refractivity contribution in [2.75, 3.05) is 13.7 Å². The molecule has 0 radical (unpaired) electrons. The molecular formula is C21H24F2N2O4. The molecule has 2 aromatic carbocycles. The summed E-state index contributed by atoms with van der Waals surface area (Å²) in [6.45, 7) is 2.91. The molecule has 29 heavy (non-hydrogen) atoms. The lowest BCUT2D eigenvalue weighted by Crippen LogP contribution is -2.25. The number of ether oxygens (including phenoxy) is 3. The van der Waals surface area contributed by atoms with Crippen molar-refractivity contribution in [3.05, 3.63) is 53.1 Å².